The number of carbonyl (C=O) groups is 1. The van der Waals surface area contributed by atoms with Crippen molar-refractivity contribution >= 4 is 23.1 Å². The number of carbonyl (C=O) groups excluding carboxylic acids is 1. The van der Waals surface area contributed by atoms with Crippen LogP contribution >= 0.6 is 12.2 Å². The van der Waals surface area contributed by atoms with Gasteiger partial charge in [0.15, 0.2) is 0 Å². The van der Waals surface area contributed by atoms with Gasteiger partial charge in [-0.25, -0.2) is 0 Å². The van der Waals surface area contributed by atoms with E-state index in [1.807, 2.05) is 19.1 Å². The maximum Gasteiger partial charge on any atom is 0.232 e. The molecular formula is C14H21N3OS. The Morgan fingerprint density at radius 3 is 2.63 bits per heavy atom. The normalized spacial score (nSPS) is 11.9. The predicted molar refractivity (Wildman–Crippen MR) is 80.8 cm³/mol. The number of pyridine rings is 1. The summed E-state index contributed by atoms with van der Waals surface area (Å²) in [6.07, 6.45) is 5.93. The lowest BCUT2D eigenvalue weighted by Gasteiger charge is -2.23. The molecule has 0 saturated carbocycles. The number of rotatable bonds is 7. The molecule has 0 radical (unpaired) electrons. The van der Waals surface area contributed by atoms with E-state index in [0.29, 0.717) is 18.0 Å². The first-order valence-electron chi connectivity index (χ1n) is 6.49. The minimum atomic E-state index is -0.331. The van der Waals surface area contributed by atoms with Gasteiger partial charge >= 0.3 is 0 Å². The van der Waals surface area contributed by atoms with E-state index in [1.165, 1.54) is 0 Å². The summed E-state index contributed by atoms with van der Waals surface area (Å²) in [6, 6.07) is 3.91. The Morgan fingerprint density at radius 2 is 2.11 bits per heavy atom. The number of likely N-dealkylation sites (N-methyl/N-ethyl adjacent to an activating group) is 1. The first-order valence-corrected chi connectivity index (χ1v) is 6.90. The lowest BCUT2D eigenvalue weighted by atomic mass is 10.0. The van der Waals surface area contributed by atoms with E-state index < -0.39 is 0 Å². The summed E-state index contributed by atoms with van der Waals surface area (Å²) in [5.41, 5.74) is 6.81. The molecule has 2 N–H and O–H groups in total. The summed E-state index contributed by atoms with van der Waals surface area (Å²) in [7, 11) is 1.80. The van der Waals surface area contributed by atoms with Crippen molar-refractivity contribution in [2.75, 3.05) is 13.6 Å². The highest BCUT2D eigenvalue weighted by Crippen LogP contribution is 2.11. The molecule has 0 bridgehead atoms. The van der Waals surface area contributed by atoms with Gasteiger partial charge in [0.25, 0.3) is 0 Å². The number of hydrogen-bond donors (Lipinski definition) is 1. The quantitative estimate of drug-likeness (QED) is 0.773. The second kappa shape index (κ2) is 7.84. The monoisotopic (exact) mass is 279 g/mol. The third-order valence-electron chi connectivity index (χ3n) is 3.08. The van der Waals surface area contributed by atoms with Gasteiger partial charge in [0.2, 0.25) is 5.91 Å². The molecule has 0 aliphatic heterocycles. The fraction of sp³-hybridized carbons (Fsp3) is 0.500. The van der Waals surface area contributed by atoms with Crippen LogP contribution in [0.5, 0.6) is 0 Å². The second-order valence-corrected chi connectivity index (χ2v) is 5.08. The van der Waals surface area contributed by atoms with Gasteiger partial charge in [0.1, 0.15) is 0 Å². The summed E-state index contributed by atoms with van der Waals surface area (Å²) >= 11 is 4.98. The molecule has 1 heterocycles. The Bertz CT molecular complexity index is 422. The number of nitrogens with two attached hydrogens (primary N) is 1. The van der Waals surface area contributed by atoms with Crippen molar-refractivity contribution in [3.8, 4) is 0 Å². The van der Waals surface area contributed by atoms with Gasteiger partial charge in [-0.15, -0.1) is 0 Å². The van der Waals surface area contributed by atoms with Crippen LogP contribution in [0, 0.1) is 5.92 Å². The van der Waals surface area contributed by atoms with Crippen molar-refractivity contribution in [3.05, 3.63) is 30.1 Å². The molecule has 104 valence electrons. The summed E-state index contributed by atoms with van der Waals surface area (Å²) in [6.45, 7) is 2.68. The van der Waals surface area contributed by atoms with Gasteiger partial charge in [-0.05, 0) is 30.5 Å². The number of hydrogen-bond acceptors (Lipinski definition) is 3. The molecule has 0 fully saturated rings. The largest absolute Gasteiger partial charge is 0.393 e. The molecule has 4 nitrogen and oxygen atoms in total. The van der Waals surface area contributed by atoms with Crippen LogP contribution in [0.1, 0.15) is 25.3 Å². The van der Waals surface area contributed by atoms with Crippen LogP contribution < -0.4 is 5.73 Å². The van der Waals surface area contributed by atoms with E-state index in [1.54, 1.807) is 24.3 Å². The Balaban J connectivity index is 2.54. The van der Waals surface area contributed by atoms with Crippen molar-refractivity contribution in [1.29, 1.82) is 0 Å². The Hall–Kier alpha value is -1.49. The van der Waals surface area contributed by atoms with Crippen molar-refractivity contribution in [1.82, 2.24) is 9.88 Å². The molecule has 1 aromatic heterocycles. The highest BCUT2D eigenvalue weighted by molar-refractivity contribution is 7.80. The van der Waals surface area contributed by atoms with Crippen molar-refractivity contribution in [2.24, 2.45) is 11.7 Å². The molecule has 1 aromatic rings. The average Bonchev–Trinajstić information content (AvgIpc) is 2.42. The van der Waals surface area contributed by atoms with E-state index in [4.69, 9.17) is 18.0 Å². The first kappa shape index (κ1) is 15.6. The van der Waals surface area contributed by atoms with Crippen LogP contribution in [-0.4, -0.2) is 34.4 Å². The summed E-state index contributed by atoms with van der Waals surface area (Å²) in [5.74, 6) is -0.314. The van der Waals surface area contributed by atoms with Crippen LogP contribution in [0.15, 0.2) is 24.5 Å². The Labute approximate surface area is 120 Å². The number of nitrogens with zero attached hydrogens (tertiary/aromatic N) is 2. The van der Waals surface area contributed by atoms with E-state index in [9.17, 15) is 4.79 Å². The van der Waals surface area contributed by atoms with Gasteiger partial charge < -0.3 is 10.6 Å². The fourth-order valence-electron chi connectivity index (χ4n) is 1.90. The van der Waals surface area contributed by atoms with Crippen LogP contribution in [0.2, 0.25) is 0 Å². The van der Waals surface area contributed by atoms with E-state index >= 15 is 0 Å². The van der Waals surface area contributed by atoms with Crippen LogP contribution in [0.4, 0.5) is 0 Å². The zero-order valence-corrected chi connectivity index (χ0v) is 12.3. The van der Waals surface area contributed by atoms with Crippen LogP contribution in [0.3, 0.4) is 0 Å². The van der Waals surface area contributed by atoms with Crippen molar-refractivity contribution in [3.63, 3.8) is 0 Å². The molecule has 1 amide bonds. The molecule has 0 saturated heterocycles. The van der Waals surface area contributed by atoms with Gasteiger partial charge in [0.05, 0.1) is 10.9 Å². The minimum absolute atomic E-state index is 0.0170. The summed E-state index contributed by atoms with van der Waals surface area (Å²) < 4.78 is 0. The third kappa shape index (κ3) is 4.95. The molecule has 0 aliphatic carbocycles. The number of aromatic nitrogens is 1. The number of amides is 1. The maximum atomic E-state index is 12.2. The Kier molecular flexibility index (Phi) is 6.42. The standard InChI is InChI=1S/C14H21N3OS/c1-3-4-12(13(15)19)14(18)17(2)10-7-11-5-8-16-9-6-11/h5-6,8-9,12H,3-4,7,10H2,1-2H3,(H2,15,19). The lowest BCUT2D eigenvalue weighted by Crippen LogP contribution is -2.40. The summed E-state index contributed by atoms with van der Waals surface area (Å²) in [5, 5.41) is 0. The zero-order valence-electron chi connectivity index (χ0n) is 11.5. The highest BCUT2D eigenvalue weighted by Gasteiger charge is 2.23. The van der Waals surface area contributed by atoms with Gasteiger partial charge in [-0.3, -0.25) is 9.78 Å². The van der Waals surface area contributed by atoms with Crippen LogP contribution in [-0.2, 0) is 11.2 Å². The van der Waals surface area contributed by atoms with E-state index in [-0.39, 0.29) is 11.8 Å². The molecule has 0 spiro atoms. The summed E-state index contributed by atoms with van der Waals surface area (Å²) in [4.78, 5) is 18.2. The lowest BCUT2D eigenvalue weighted by molar-refractivity contribution is -0.132. The van der Waals surface area contributed by atoms with Crippen molar-refractivity contribution < 1.29 is 4.79 Å². The molecule has 19 heavy (non-hydrogen) atoms. The second-order valence-electron chi connectivity index (χ2n) is 4.61. The van der Waals surface area contributed by atoms with E-state index in [0.717, 1.165) is 18.4 Å². The highest BCUT2D eigenvalue weighted by atomic mass is 32.1. The van der Waals surface area contributed by atoms with Crippen molar-refractivity contribution in [2.45, 2.75) is 26.2 Å². The first-order chi connectivity index (χ1) is 9.06. The molecule has 1 unspecified atom stereocenters. The average molecular weight is 279 g/mol. The topological polar surface area (TPSA) is 59.2 Å². The van der Waals surface area contributed by atoms with Gasteiger partial charge in [-0.2, -0.15) is 0 Å². The van der Waals surface area contributed by atoms with Crippen LogP contribution in [0.25, 0.3) is 0 Å². The van der Waals surface area contributed by atoms with Gasteiger partial charge in [0, 0.05) is 26.0 Å². The molecule has 1 rings (SSSR count). The number of thiocarbonyl (C=S) groups is 1. The molecular weight excluding hydrogens is 258 g/mol. The molecule has 0 aliphatic rings. The predicted octanol–water partition coefficient (Wildman–Crippen LogP) is 1.78. The maximum absolute atomic E-state index is 12.2. The molecule has 0 aromatic carbocycles. The molecule has 5 heteroatoms. The smallest absolute Gasteiger partial charge is 0.232 e. The third-order valence-corrected chi connectivity index (χ3v) is 3.36. The van der Waals surface area contributed by atoms with E-state index in [2.05, 4.69) is 4.98 Å². The SMILES string of the molecule is CCCC(C(=O)N(C)CCc1ccncc1)C(N)=S. The van der Waals surface area contributed by atoms with Gasteiger partial charge in [-0.1, -0.05) is 25.6 Å². The zero-order chi connectivity index (χ0) is 14.3. The fourth-order valence-corrected chi connectivity index (χ4v) is 2.12. The minimum Gasteiger partial charge on any atom is -0.393 e. The Morgan fingerprint density at radius 1 is 1.47 bits per heavy atom. The molecule has 1 atom stereocenters.